The molecule has 0 radical (unpaired) electrons. The van der Waals surface area contributed by atoms with Gasteiger partial charge in [0.25, 0.3) is 0 Å². The van der Waals surface area contributed by atoms with Crippen molar-refractivity contribution in [2.45, 2.75) is 6.54 Å². The van der Waals surface area contributed by atoms with Crippen LogP contribution in [-0.4, -0.2) is 27.4 Å². The molecule has 2 N–H and O–H groups in total. The third-order valence-corrected chi connectivity index (χ3v) is 1.61. The van der Waals surface area contributed by atoms with Gasteiger partial charge in [-0.1, -0.05) is 6.08 Å². The minimum absolute atomic E-state index is 0.543. The van der Waals surface area contributed by atoms with E-state index < -0.39 is 5.97 Å². The van der Waals surface area contributed by atoms with Crippen LogP contribution in [0.1, 0.15) is 5.56 Å². The summed E-state index contributed by atoms with van der Waals surface area (Å²) < 4.78 is 1.73. The fourth-order valence-electron chi connectivity index (χ4n) is 1.02. The Kier molecular flexibility index (Phi) is 3.87. The van der Waals surface area contributed by atoms with Gasteiger partial charge in [0.2, 0.25) is 0 Å². The maximum atomic E-state index is 10.1. The predicted octanol–water partition coefficient (Wildman–Crippen LogP) is 0.150. The second-order valence-electron chi connectivity index (χ2n) is 2.89. The lowest BCUT2D eigenvalue weighted by Crippen LogP contribution is -2.12. The fraction of sp³-hybridized carbons (Fsp3) is 0.333. The predicted molar refractivity (Wildman–Crippen MR) is 51.7 cm³/mol. The van der Waals surface area contributed by atoms with Gasteiger partial charge in [0, 0.05) is 38.0 Å². The van der Waals surface area contributed by atoms with E-state index in [4.69, 9.17) is 5.11 Å². The number of rotatable bonds is 5. The van der Waals surface area contributed by atoms with Crippen LogP contribution in [0.4, 0.5) is 0 Å². The average Bonchev–Trinajstić information content (AvgIpc) is 2.50. The van der Waals surface area contributed by atoms with Crippen molar-refractivity contribution in [2.24, 2.45) is 7.05 Å². The van der Waals surface area contributed by atoms with E-state index in [-0.39, 0.29) is 0 Å². The lowest BCUT2D eigenvalue weighted by atomic mass is 10.3. The highest BCUT2D eigenvalue weighted by atomic mass is 16.4. The molecule has 1 heterocycles. The number of carboxylic acids is 1. The summed E-state index contributed by atoms with van der Waals surface area (Å²) in [7, 11) is 1.85. The number of carbonyl (C=O) groups is 1. The van der Waals surface area contributed by atoms with Gasteiger partial charge < -0.3 is 10.4 Å². The summed E-state index contributed by atoms with van der Waals surface area (Å²) in [4.78, 5) is 10.1. The maximum absolute atomic E-state index is 10.1. The SMILES string of the molecule is Cn1cc(CNC/C=C/C(=O)O)cn1. The zero-order valence-corrected chi connectivity index (χ0v) is 7.97. The molecule has 14 heavy (non-hydrogen) atoms. The monoisotopic (exact) mass is 195 g/mol. The lowest BCUT2D eigenvalue weighted by molar-refractivity contribution is -0.131. The molecular weight excluding hydrogens is 182 g/mol. The van der Waals surface area contributed by atoms with Crippen LogP contribution in [0.15, 0.2) is 24.5 Å². The van der Waals surface area contributed by atoms with Gasteiger partial charge in [-0.05, 0) is 0 Å². The van der Waals surface area contributed by atoms with Gasteiger partial charge in [0.05, 0.1) is 6.20 Å². The summed E-state index contributed by atoms with van der Waals surface area (Å²) in [6.07, 6.45) is 6.37. The smallest absolute Gasteiger partial charge is 0.328 e. The first-order valence-electron chi connectivity index (χ1n) is 4.26. The van der Waals surface area contributed by atoms with Gasteiger partial charge in [-0.15, -0.1) is 0 Å². The Hall–Kier alpha value is -1.62. The number of hydrogen-bond donors (Lipinski definition) is 2. The van der Waals surface area contributed by atoms with Gasteiger partial charge >= 0.3 is 5.97 Å². The van der Waals surface area contributed by atoms with E-state index >= 15 is 0 Å². The Morgan fingerprint density at radius 3 is 3.14 bits per heavy atom. The fourth-order valence-corrected chi connectivity index (χ4v) is 1.02. The minimum atomic E-state index is -0.923. The van der Waals surface area contributed by atoms with Crippen molar-refractivity contribution in [1.29, 1.82) is 0 Å². The second kappa shape index (κ2) is 5.18. The number of nitrogens with one attached hydrogen (secondary N) is 1. The van der Waals surface area contributed by atoms with Gasteiger partial charge in [-0.2, -0.15) is 5.10 Å². The molecule has 0 amide bonds. The number of nitrogens with zero attached hydrogens (tertiary/aromatic N) is 2. The molecule has 1 aromatic heterocycles. The summed E-state index contributed by atoms with van der Waals surface area (Å²) in [6, 6.07) is 0. The van der Waals surface area contributed by atoms with Crippen molar-refractivity contribution in [3.63, 3.8) is 0 Å². The summed E-state index contributed by atoms with van der Waals surface area (Å²) in [6.45, 7) is 1.24. The molecule has 0 aliphatic heterocycles. The van der Waals surface area contributed by atoms with E-state index in [0.717, 1.165) is 11.6 Å². The standard InChI is InChI=1S/C9H13N3O2/c1-12-7-8(6-11-12)5-10-4-2-3-9(13)14/h2-3,6-7,10H,4-5H2,1H3,(H,13,14)/b3-2+. The first-order valence-corrected chi connectivity index (χ1v) is 4.26. The molecule has 0 aliphatic carbocycles. The Bertz CT molecular complexity index is 331. The highest BCUT2D eigenvalue weighted by molar-refractivity contribution is 5.79. The van der Waals surface area contributed by atoms with Crippen LogP contribution in [0.5, 0.6) is 0 Å². The molecule has 5 heteroatoms. The zero-order valence-electron chi connectivity index (χ0n) is 7.97. The largest absolute Gasteiger partial charge is 0.478 e. The molecular formula is C9H13N3O2. The van der Waals surface area contributed by atoms with Crippen LogP contribution >= 0.6 is 0 Å². The molecule has 1 rings (SSSR count). The number of aliphatic carboxylic acids is 1. The zero-order chi connectivity index (χ0) is 10.4. The van der Waals surface area contributed by atoms with E-state index in [9.17, 15) is 4.79 Å². The quantitative estimate of drug-likeness (QED) is 0.518. The van der Waals surface area contributed by atoms with Crippen molar-refractivity contribution in [2.75, 3.05) is 6.54 Å². The summed E-state index contributed by atoms with van der Waals surface area (Å²) in [5.41, 5.74) is 1.08. The van der Waals surface area contributed by atoms with E-state index in [0.29, 0.717) is 13.1 Å². The van der Waals surface area contributed by atoms with Crippen molar-refractivity contribution >= 4 is 5.97 Å². The Morgan fingerprint density at radius 2 is 2.57 bits per heavy atom. The highest BCUT2D eigenvalue weighted by Gasteiger charge is 1.93. The first-order chi connectivity index (χ1) is 6.68. The molecule has 5 nitrogen and oxygen atoms in total. The molecule has 1 aromatic rings. The van der Waals surface area contributed by atoms with E-state index in [1.54, 1.807) is 17.0 Å². The molecule has 0 saturated heterocycles. The lowest BCUT2D eigenvalue weighted by Gasteiger charge is -1.96. The molecule has 0 bridgehead atoms. The van der Waals surface area contributed by atoms with E-state index in [1.807, 2.05) is 13.2 Å². The Morgan fingerprint density at radius 1 is 1.79 bits per heavy atom. The number of aryl methyl sites for hydroxylation is 1. The Labute approximate surface area is 82.0 Å². The number of hydrogen-bond acceptors (Lipinski definition) is 3. The molecule has 0 aliphatic rings. The normalized spacial score (nSPS) is 10.9. The number of aromatic nitrogens is 2. The molecule has 0 saturated carbocycles. The highest BCUT2D eigenvalue weighted by Crippen LogP contribution is 1.94. The molecule has 0 fully saturated rings. The average molecular weight is 195 g/mol. The van der Waals surface area contributed by atoms with Gasteiger partial charge in [0.15, 0.2) is 0 Å². The van der Waals surface area contributed by atoms with Crippen LogP contribution in [0.3, 0.4) is 0 Å². The van der Waals surface area contributed by atoms with E-state index in [1.165, 1.54) is 0 Å². The first kappa shape index (κ1) is 10.5. The molecule has 0 spiro atoms. The minimum Gasteiger partial charge on any atom is -0.478 e. The van der Waals surface area contributed by atoms with Crippen molar-refractivity contribution in [1.82, 2.24) is 15.1 Å². The van der Waals surface area contributed by atoms with Gasteiger partial charge in [-0.25, -0.2) is 4.79 Å². The summed E-state index contributed by atoms with van der Waals surface area (Å²) >= 11 is 0. The summed E-state index contributed by atoms with van der Waals surface area (Å²) in [5, 5.41) is 15.4. The van der Waals surface area contributed by atoms with Crippen molar-refractivity contribution in [3.8, 4) is 0 Å². The molecule has 0 unspecified atom stereocenters. The van der Waals surface area contributed by atoms with Crippen molar-refractivity contribution in [3.05, 3.63) is 30.1 Å². The van der Waals surface area contributed by atoms with Crippen LogP contribution in [0.25, 0.3) is 0 Å². The van der Waals surface area contributed by atoms with Gasteiger partial charge in [0.1, 0.15) is 0 Å². The summed E-state index contributed by atoms with van der Waals surface area (Å²) in [5.74, 6) is -0.923. The van der Waals surface area contributed by atoms with Crippen LogP contribution < -0.4 is 5.32 Å². The second-order valence-corrected chi connectivity index (χ2v) is 2.89. The van der Waals surface area contributed by atoms with Crippen LogP contribution in [-0.2, 0) is 18.4 Å². The third-order valence-electron chi connectivity index (χ3n) is 1.61. The van der Waals surface area contributed by atoms with Crippen LogP contribution in [0.2, 0.25) is 0 Å². The Balaban J connectivity index is 2.19. The topological polar surface area (TPSA) is 67.2 Å². The number of carboxylic acid groups (broad SMARTS) is 1. The van der Waals surface area contributed by atoms with E-state index in [2.05, 4.69) is 10.4 Å². The maximum Gasteiger partial charge on any atom is 0.328 e. The van der Waals surface area contributed by atoms with Gasteiger partial charge in [-0.3, -0.25) is 4.68 Å². The third kappa shape index (κ3) is 3.86. The molecule has 76 valence electrons. The van der Waals surface area contributed by atoms with Crippen LogP contribution in [0, 0.1) is 0 Å². The molecule has 0 atom stereocenters. The molecule has 0 aromatic carbocycles. The van der Waals surface area contributed by atoms with Crippen molar-refractivity contribution < 1.29 is 9.90 Å².